The number of piperidine rings is 1. The highest BCUT2D eigenvalue weighted by Gasteiger charge is 2.31. The molecule has 2 heterocycles. The largest absolute Gasteiger partial charge is 0.343 e. The molecule has 2 aliphatic rings. The van der Waals surface area contributed by atoms with Crippen LogP contribution in [-0.4, -0.2) is 48.1 Å². The molecule has 0 saturated carbocycles. The number of amides is 2. The zero-order chi connectivity index (χ0) is 16.4. The number of thioether (sulfide) groups is 1. The van der Waals surface area contributed by atoms with Crippen LogP contribution in [-0.2, 0) is 9.59 Å². The lowest BCUT2D eigenvalue weighted by Crippen LogP contribution is -2.45. The number of nitrogens with one attached hydrogen (secondary N) is 2. The van der Waals surface area contributed by atoms with Gasteiger partial charge in [0.2, 0.25) is 11.8 Å². The van der Waals surface area contributed by atoms with Crippen LogP contribution in [0.15, 0.2) is 23.1 Å². The molecule has 1 atom stereocenters. The topological polar surface area (TPSA) is 61.4 Å². The minimum atomic E-state index is -0.389. The van der Waals surface area contributed by atoms with Gasteiger partial charge < -0.3 is 15.5 Å². The Morgan fingerprint density at radius 1 is 1.39 bits per heavy atom. The van der Waals surface area contributed by atoms with Crippen LogP contribution >= 0.6 is 23.4 Å². The zero-order valence-electron chi connectivity index (χ0n) is 13.0. The van der Waals surface area contributed by atoms with Gasteiger partial charge in [-0.2, -0.15) is 0 Å². The summed E-state index contributed by atoms with van der Waals surface area (Å²) in [5, 5.41) is 6.34. The van der Waals surface area contributed by atoms with Gasteiger partial charge in [-0.3, -0.25) is 9.59 Å². The Hall–Kier alpha value is -1.24. The second kappa shape index (κ2) is 7.11. The summed E-state index contributed by atoms with van der Waals surface area (Å²) in [7, 11) is 1.84. The zero-order valence-corrected chi connectivity index (χ0v) is 14.5. The second-order valence-corrected chi connectivity index (χ2v) is 7.61. The Labute approximate surface area is 145 Å². The Bertz CT molecular complexity index is 619. The molecular weight excluding hydrogens is 334 g/mol. The van der Waals surface area contributed by atoms with Crippen LogP contribution in [0.5, 0.6) is 0 Å². The van der Waals surface area contributed by atoms with Crippen molar-refractivity contribution in [3.05, 3.63) is 23.2 Å². The van der Waals surface area contributed by atoms with Gasteiger partial charge in [-0.05, 0) is 44.1 Å². The summed E-state index contributed by atoms with van der Waals surface area (Å²) in [5.74, 6) is -0.0983. The molecule has 1 aromatic carbocycles. The molecule has 1 saturated heterocycles. The highest BCUT2D eigenvalue weighted by molar-refractivity contribution is 8.01. The molecule has 2 N–H and O–H groups in total. The normalized spacial score (nSPS) is 21.5. The highest BCUT2D eigenvalue weighted by atomic mass is 35.5. The van der Waals surface area contributed by atoms with Crippen molar-refractivity contribution in [2.75, 3.05) is 25.5 Å². The molecule has 7 heteroatoms. The van der Waals surface area contributed by atoms with E-state index in [1.165, 1.54) is 11.8 Å². The maximum atomic E-state index is 12.5. The average molecular weight is 354 g/mol. The van der Waals surface area contributed by atoms with Crippen molar-refractivity contribution in [3.63, 3.8) is 0 Å². The smallest absolute Gasteiger partial charge is 0.238 e. The Balaban J connectivity index is 1.64. The molecule has 5 nitrogen and oxygen atoms in total. The molecule has 1 unspecified atom stereocenters. The van der Waals surface area contributed by atoms with Gasteiger partial charge in [0.15, 0.2) is 0 Å². The summed E-state index contributed by atoms with van der Waals surface area (Å²) in [6.07, 6.45) is 2.15. The van der Waals surface area contributed by atoms with Crippen molar-refractivity contribution < 1.29 is 9.59 Å². The van der Waals surface area contributed by atoms with E-state index in [9.17, 15) is 9.59 Å². The summed E-state index contributed by atoms with van der Waals surface area (Å²) < 4.78 is 0. The first kappa shape index (κ1) is 16.6. The fourth-order valence-electron chi connectivity index (χ4n) is 2.96. The van der Waals surface area contributed by atoms with Crippen molar-refractivity contribution in [1.29, 1.82) is 0 Å². The lowest BCUT2D eigenvalue weighted by molar-refractivity contribution is -0.133. The minimum absolute atomic E-state index is 0.0296. The molecule has 0 bridgehead atoms. The van der Waals surface area contributed by atoms with E-state index in [2.05, 4.69) is 10.6 Å². The summed E-state index contributed by atoms with van der Waals surface area (Å²) in [6, 6.07) is 5.69. The predicted molar refractivity (Wildman–Crippen MR) is 93.0 cm³/mol. The molecule has 124 valence electrons. The van der Waals surface area contributed by atoms with Gasteiger partial charge in [0.05, 0.1) is 10.9 Å². The summed E-state index contributed by atoms with van der Waals surface area (Å²) in [5.41, 5.74) is 0.725. The number of carbonyl (C=O) groups is 2. The fourth-order valence-corrected chi connectivity index (χ4v) is 4.21. The maximum absolute atomic E-state index is 12.5. The van der Waals surface area contributed by atoms with E-state index >= 15 is 0 Å². The number of benzene rings is 1. The predicted octanol–water partition coefficient (Wildman–Crippen LogP) is 2.35. The average Bonchev–Trinajstić information content (AvgIpc) is 2.55. The van der Waals surface area contributed by atoms with E-state index < -0.39 is 0 Å². The van der Waals surface area contributed by atoms with Gasteiger partial charge in [0.25, 0.3) is 0 Å². The highest BCUT2D eigenvalue weighted by Crippen LogP contribution is 2.38. The third-order valence-electron chi connectivity index (χ3n) is 4.37. The monoisotopic (exact) mass is 353 g/mol. The van der Waals surface area contributed by atoms with Gasteiger partial charge >= 0.3 is 0 Å². The quantitative estimate of drug-likeness (QED) is 0.875. The fraction of sp³-hybridized carbons (Fsp3) is 0.500. The molecule has 2 amide bonds. The minimum Gasteiger partial charge on any atom is -0.343 e. The number of rotatable bonds is 3. The third kappa shape index (κ3) is 3.82. The van der Waals surface area contributed by atoms with E-state index in [0.29, 0.717) is 5.02 Å². The van der Waals surface area contributed by atoms with E-state index in [1.54, 1.807) is 12.1 Å². The second-order valence-electron chi connectivity index (χ2n) is 5.93. The van der Waals surface area contributed by atoms with E-state index in [-0.39, 0.29) is 29.5 Å². The van der Waals surface area contributed by atoms with Gasteiger partial charge in [-0.25, -0.2) is 0 Å². The van der Waals surface area contributed by atoms with Crippen LogP contribution in [0.1, 0.15) is 19.3 Å². The van der Waals surface area contributed by atoms with Gasteiger partial charge in [-0.15, -0.1) is 11.8 Å². The first-order valence-electron chi connectivity index (χ1n) is 7.78. The molecule has 0 aliphatic carbocycles. The lowest BCUT2D eigenvalue weighted by atomic mass is 10.0. The molecule has 1 aromatic rings. The van der Waals surface area contributed by atoms with E-state index in [1.807, 2.05) is 18.0 Å². The van der Waals surface area contributed by atoms with Crippen LogP contribution in [0, 0.1) is 0 Å². The standard InChI is InChI=1S/C16H20ClN3O2S/c1-20(11-4-6-18-7-5-11)15(21)9-14-16(22)19-12-8-10(17)2-3-13(12)23-14/h2-3,8,11,14,18H,4-7,9H2,1H3,(H,19,22). The molecule has 23 heavy (non-hydrogen) atoms. The lowest BCUT2D eigenvalue weighted by Gasteiger charge is -2.33. The van der Waals surface area contributed by atoms with Crippen LogP contribution in [0.3, 0.4) is 0 Å². The van der Waals surface area contributed by atoms with Crippen LogP contribution in [0.4, 0.5) is 5.69 Å². The van der Waals surface area contributed by atoms with Gasteiger partial charge in [-0.1, -0.05) is 11.6 Å². The first-order valence-corrected chi connectivity index (χ1v) is 9.04. The van der Waals surface area contributed by atoms with Crippen molar-refractivity contribution in [3.8, 4) is 0 Å². The number of halogens is 1. The van der Waals surface area contributed by atoms with E-state index in [0.717, 1.165) is 36.5 Å². The number of fused-ring (bicyclic) bond motifs is 1. The van der Waals surface area contributed by atoms with Crippen LogP contribution in [0.25, 0.3) is 0 Å². The molecule has 2 aliphatic heterocycles. The SMILES string of the molecule is CN(C(=O)CC1Sc2ccc(Cl)cc2NC1=O)C1CCNCC1. The molecule has 0 spiro atoms. The molecule has 1 fully saturated rings. The number of nitrogens with zero attached hydrogens (tertiary/aromatic N) is 1. The number of hydrogen-bond acceptors (Lipinski definition) is 4. The van der Waals surface area contributed by atoms with Crippen molar-refractivity contribution in [2.24, 2.45) is 0 Å². The molecule has 0 aromatic heterocycles. The summed E-state index contributed by atoms with van der Waals surface area (Å²) in [6.45, 7) is 1.88. The Morgan fingerprint density at radius 2 is 2.13 bits per heavy atom. The summed E-state index contributed by atoms with van der Waals surface area (Å²) >= 11 is 7.38. The van der Waals surface area contributed by atoms with Crippen molar-refractivity contribution in [2.45, 2.75) is 35.4 Å². The maximum Gasteiger partial charge on any atom is 0.238 e. The number of hydrogen-bond donors (Lipinski definition) is 2. The van der Waals surface area contributed by atoms with Crippen molar-refractivity contribution >= 4 is 40.9 Å². The van der Waals surface area contributed by atoms with Gasteiger partial charge in [0, 0.05) is 29.4 Å². The number of carbonyl (C=O) groups excluding carboxylic acids is 2. The summed E-state index contributed by atoms with van der Waals surface area (Å²) in [4.78, 5) is 27.5. The third-order valence-corrected chi connectivity index (χ3v) is 5.88. The van der Waals surface area contributed by atoms with Gasteiger partial charge in [0.1, 0.15) is 0 Å². The first-order chi connectivity index (χ1) is 11.0. The Morgan fingerprint density at radius 3 is 2.87 bits per heavy atom. The van der Waals surface area contributed by atoms with Crippen LogP contribution in [0.2, 0.25) is 5.02 Å². The molecular formula is C16H20ClN3O2S. The van der Waals surface area contributed by atoms with Crippen molar-refractivity contribution in [1.82, 2.24) is 10.2 Å². The number of anilines is 1. The Kier molecular flexibility index (Phi) is 5.14. The van der Waals surface area contributed by atoms with E-state index in [4.69, 9.17) is 11.6 Å². The molecule has 0 radical (unpaired) electrons. The van der Waals surface area contributed by atoms with Crippen LogP contribution < -0.4 is 10.6 Å². The molecule has 3 rings (SSSR count).